The Hall–Kier alpha value is -3.44. The van der Waals surface area contributed by atoms with E-state index in [-0.39, 0.29) is 12.6 Å². The van der Waals surface area contributed by atoms with Crippen molar-refractivity contribution >= 4 is 23.1 Å². The third-order valence-corrected chi connectivity index (χ3v) is 5.89. The molecule has 3 aromatic carbocycles. The molecule has 2 aliphatic rings. The van der Waals surface area contributed by atoms with Gasteiger partial charge in [0.1, 0.15) is 0 Å². The van der Waals surface area contributed by atoms with Crippen molar-refractivity contribution < 1.29 is 19.4 Å². The smallest absolute Gasteiger partial charge is 0.290 e. The van der Waals surface area contributed by atoms with Gasteiger partial charge in [-0.25, -0.2) is 0 Å². The number of hydrogen-bond acceptors (Lipinski definition) is 4. The molecule has 0 saturated heterocycles. The number of aryl methyl sites for hydroxylation is 1. The Balaban J connectivity index is 1.57. The molecule has 3 aromatic rings. The maximum Gasteiger partial charge on any atom is 0.290 e. The first-order valence-corrected chi connectivity index (χ1v) is 10.3. The molecule has 0 spiro atoms. The van der Waals surface area contributed by atoms with Crippen LogP contribution in [0.1, 0.15) is 28.3 Å². The first-order valence-electron chi connectivity index (χ1n) is 9.96. The van der Waals surface area contributed by atoms with Crippen LogP contribution in [0.2, 0.25) is 5.02 Å². The minimum atomic E-state index is -0.446. The lowest BCUT2D eigenvalue weighted by Gasteiger charge is -2.27. The molecule has 0 aliphatic carbocycles. The average Bonchev–Trinajstić information content (AvgIpc) is 3.33. The van der Waals surface area contributed by atoms with Crippen LogP contribution in [-0.4, -0.2) is 22.7 Å². The summed E-state index contributed by atoms with van der Waals surface area (Å²) in [7, 11) is 0. The number of aliphatic hydroxyl groups is 1. The zero-order valence-corrected chi connectivity index (χ0v) is 17.6. The maximum absolute atomic E-state index is 13.2. The van der Waals surface area contributed by atoms with Gasteiger partial charge < -0.3 is 19.5 Å². The average molecular weight is 434 g/mol. The Labute approximate surface area is 185 Å². The SMILES string of the molecule is Cc1ccc(C2=C(O)C(=O)N(Cc3ccc4c(c3)OCO4)C2c2ccc(Cl)cc2)cc1. The highest BCUT2D eigenvalue weighted by Gasteiger charge is 2.41. The maximum atomic E-state index is 13.2. The topological polar surface area (TPSA) is 59.0 Å². The number of carbonyl (C=O) groups excluding carboxylic acids is 1. The number of nitrogens with zero attached hydrogens (tertiary/aromatic N) is 1. The summed E-state index contributed by atoms with van der Waals surface area (Å²) in [4.78, 5) is 14.9. The Bertz CT molecular complexity index is 1190. The Kier molecular flexibility index (Phi) is 4.83. The number of fused-ring (bicyclic) bond motifs is 1. The van der Waals surface area contributed by atoms with Crippen LogP contribution in [0.3, 0.4) is 0 Å². The van der Waals surface area contributed by atoms with Crippen molar-refractivity contribution in [1.29, 1.82) is 0 Å². The van der Waals surface area contributed by atoms with Crippen LogP contribution in [-0.2, 0) is 11.3 Å². The predicted molar refractivity (Wildman–Crippen MR) is 118 cm³/mol. The van der Waals surface area contributed by atoms with E-state index in [1.807, 2.05) is 61.5 Å². The minimum Gasteiger partial charge on any atom is -0.503 e. The normalized spacial score (nSPS) is 17.5. The number of benzene rings is 3. The van der Waals surface area contributed by atoms with Gasteiger partial charge >= 0.3 is 0 Å². The molecule has 0 radical (unpaired) electrons. The van der Waals surface area contributed by atoms with Crippen LogP contribution in [0.25, 0.3) is 5.57 Å². The van der Waals surface area contributed by atoms with Crippen LogP contribution in [0.5, 0.6) is 11.5 Å². The highest BCUT2D eigenvalue weighted by atomic mass is 35.5. The van der Waals surface area contributed by atoms with E-state index in [0.29, 0.717) is 28.6 Å². The Morgan fingerprint density at radius 3 is 2.45 bits per heavy atom. The number of amides is 1. The molecule has 2 aliphatic heterocycles. The largest absolute Gasteiger partial charge is 0.503 e. The molecule has 5 nitrogen and oxygen atoms in total. The molecule has 5 rings (SSSR count). The van der Waals surface area contributed by atoms with E-state index in [0.717, 1.165) is 22.3 Å². The summed E-state index contributed by atoms with van der Waals surface area (Å²) in [6, 6.07) is 20.3. The monoisotopic (exact) mass is 433 g/mol. The molecule has 1 N–H and O–H groups in total. The van der Waals surface area contributed by atoms with Crippen molar-refractivity contribution in [2.45, 2.75) is 19.5 Å². The third kappa shape index (κ3) is 3.51. The van der Waals surface area contributed by atoms with Crippen LogP contribution in [0, 0.1) is 6.92 Å². The van der Waals surface area contributed by atoms with E-state index in [2.05, 4.69) is 0 Å². The molecule has 1 amide bonds. The molecule has 0 aromatic heterocycles. The van der Waals surface area contributed by atoms with E-state index >= 15 is 0 Å². The van der Waals surface area contributed by atoms with Crippen LogP contribution >= 0.6 is 11.6 Å². The molecule has 1 unspecified atom stereocenters. The molecule has 156 valence electrons. The zero-order chi connectivity index (χ0) is 21.5. The highest BCUT2D eigenvalue weighted by Crippen LogP contribution is 2.44. The van der Waals surface area contributed by atoms with Gasteiger partial charge in [-0.2, -0.15) is 0 Å². The number of rotatable bonds is 4. The first-order chi connectivity index (χ1) is 15.0. The molecular formula is C25H20ClNO4. The van der Waals surface area contributed by atoms with Gasteiger partial charge in [0.25, 0.3) is 5.91 Å². The summed E-state index contributed by atoms with van der Waals surface area (Å²) in [5, 5.41) is 11.5. The summed E-state index contributed by atoms with van der Waals surface area (Å²) in [6.45, 7) is 2.50. The summed E-state index contributed by atoms with van der Waals surface area (Å²) < 4.78 is 10.9. The third-order valence-electron chi connectivity index (χ3n) is 5.64. The second-order valence-corrected chi connectivity index (χ2v) is 8.14. The summed E-state index contributed by atoms with van der Waals surface area (Å²) in [5.74, 6) is 0.702. The second-order valence-electron chi connectivity index (χ2n) is 7.70. The fraction of sp³-hybridized carbons (Fsp3) is 0.160. The van der Waals surface area contributed by atoms with Crippen molar-refractivity contribution in [3.8, 4) is 11.5 Å². The van der Waals surface area contributed by atoms with E-state index in [1.165, 1.54) is 0 Å². The quantitative estimate of drug-likeness (QED) is 0.596. The van der Waals surface area contributed by atoms with Gasteiger partial charge in [-0.15, -0.1) is 0 Å². The van der Waals surface area contributed by atoms with Crippen molar-refractivity contribution in [2.24, 2.45) is 0 Å². The number of aliphatic hydroxyl groups excluding tert-OH is 1. The molecular weight excluding hydrogens is 414 g/mol. The van der Waals surface area contributed by atoms with E-state index in [4.69, 9.17) is 21.1 Å². The number of hydrogen-bond donors (Lipinski definition) is 1. The van der Waals surface area contributed by atoms with Gasteiger partial charge in [-0.05, 0) is 47.9 Å². The van der Waals surface area contributed by atoms with Crippen LogP contribution in [0.4, 0.5) is 0 Å². The molecule has 2 heterocycles. The van der Waals surface area contributed by atoms with Crippen LogP contribution < -0.4 is 9.47 Å². The van der Waals surface area contributed by atoms with Gasteiger partial charge in [0.05, 0.1) is 6.04 Å². The molecule has 6 heteroatoms. The molecule has 0 fully saturated rings. The summed E-state index contributed by atoms with van der Waals surface area (Å²) in [5.41, 5.74) is 4.26. The van der Waals surface area contributed by atoms with Gasteiger partial charge in [-0.3, -0.25) is 4.79 Å². The van der Waals surface area contributed by atoms with Gasteiger partial charge in [0.15, 0.2) is 17.3 Å². The lowest BCUT2D eigenvalue weighted by Crippen LogP contribution is -2.29. The molecule has 31 heavy (non-hydrogen) atoms. The Morgan fingerprint density at radius 2 is 1.71 bits per heavy atom. The fourth-order valence-electron chi connectivity index (χ4n) is 4.07. The van der Waals surface area contributed by atoms with Crippen molar-refractivity contribution in [3.63, 3.8) is 0 Å². The molecule has 1 atom stereocenters. The number of ether oxygens (including phenoxy) is 2. The standard InChI is InChI=1S/C25H20ClNO4/c1-15-2-5-17(6-3-15)22-23(18-7-9-19(26)10-8-18)27(25(29)24(22)28)13-16-4-11-20-21(12-16)31-14-30-20/h2-12,23,28H,13-14H2,1H3. The molecule has 0 bridgehead atoms. The zero-order valence-electron chi connectivity index (χ0n) is 16.8. The first kappa shape index (κ1) is 19.5. The van der Waals surface area contributed by atoms with Gasteiger partial charge in [0, 0.05) is 17.1 Å². The highest BCUT2D eigenvalue weighted by molar-refractivity contribution is 6.30. The number of carbonyl (C=O) groups is 1. The minimum absolute atomic E-state index is 0.189. The fourth-order valence-corrected chi connectivity index (χ4v) is 4.20. The van der Waals surface area contributed by atoms with E-state index in [9.17, 15) is 9.90 Å². The van der Waals surface area contributed by atoms with Crippen molar-refractivity contribution in [2.75, 3.05) is 6.79 Å². The van der Waals surface area contributed by atoms with Gasteiger partial charge in [-0.1, -0.05) is 59.6 Å². The lowest BCUT2D eigenvalue weighted by molar-refractivity contribution is -0.130. The predicted octanol–water partition coefficient (Wildman–Crippen LogP) is 5.43. The summed E-state index contributed by atoms with van der Waals surface area (Å²) in [6.07, 6.45) is 0. The molecule has 0 saturated carbocycles. The second kappa shape index (κ2) is 7.67. The van der Waals surface area contributed by atoms with Crippen LogP contribution in [0.15, 0.2) is 72.5 Å². The number of halogens is 1. The van der Waals surface area contributed by atoms with E-state index < -0.39 is 11.9 Å². The lowest BCUT2D eigenvalue weighted by atomic mass is 9.93. The van der Waals surface area contributed by atoms with Crippen molar-refractivity contribution in [1.82, 2.24) is 4.90 Å². The summed E-state index contributed by atoms with van der Waals surface area (Å²) >= 11 is 6.10. The van der Waals surface area contributed by atoms with Gasteiger partial charge in [0.2, 0.25) is 6.79 Å². The van der Waals surface area contributed by atoms with E-state index in [1.54, 1.807) is 17.0 Å². The Morgan fingerprint density at radius 1 is 1.00 bits per heavy atom. The van der Waals surface area contributed by atoms with Crippen molar-refractivity contribution in [3.05, 3.63) is 99.8 Å².